The summed E-state index contributed by atoms with van der Waals surface area (Å²) < 4.78 is 0. The normalized spacial score (nSPS) is 38.0. The Bertz CT molecular complexity index is 541. The molecule has 4 atom stereocenters. The van der Waals surface area contributed by atoms with E-state index >= 15 is 0 Å². The van der Waals surface area contributed by atoms with Gasteiger partial charge in [0.15, 0.2) is 0 Å². The first-order valence-corrected chi connectivity index (χ1v) is 7.04. The number of nitrogens with two attached hydrogens (primary N) is 1. The summed E-state index contributed by atoms with van der Waals surface area (Å²) in [6.45, 7) is 0. The van der Waals surface area contributed by atoms with Crippen LogP contribution in [-0.2, 0) is 0 Å². The first kappa shape index (κ1) is 11.1. The Labute approximate surface area is 112 Å². The first-order valence-electron chi connectivity index (χ1n) is 7.04. The van der Waals surface area contributed by atoms with Gasteiger partial charge in [-0.25, -0.2) is 4.79 Å². The summed E-state index contributed by atoms with van der Waals surface area (Å²) in [6, 6.07) is 5.46. The van der Waals surface area contributed by atoms with E-state index in [4.69, 9.17) is 5.73 Å². The van der Waals surface area contributed by atoms with E-state index in [1.807, 2.05) is 0 Å². The lowest BCUT2D eigenvalue weighted by molar-refractivity contribution is 0.0698. The molecule has 3 saturated carbocycles. The fourth-order valence-electron chi connectivity index (χ4n) is 4.57. The molecule has 0 aliphatic heterocycles. The molecule has 0 saturated heterocycles. The maximum Gasteiger partial charge on any atom is 0.337 e. The van der Waals surface area contributed by atoms with Crippen LogP contribution in [0.2, 0.25) is 0 Å². The molecule has 3 fully saturated rings. The van der Waals surface area contributed by atoms with E-state index in [1.54, 1.807) is 18.2 Å². The molecule has 4 unspecified atom stereocenters. The van der Waals surface area contributed by atoms with E-state index in [0.717, 1.165) is 23.7 Å². The van der Waals surface area contributed by atoms with Gasteiger partial charge in [-0.3, -0.25) is 0 Å². The summed E-state index contributed by atoms with van der Waals surface area (Å²) >= 11 is 0. The Hall–Kier alpha value is -1.71. The minimum Gasteiger partial charge on any atom is -0.478 e. The summed E-state index contributed by atoms with van der Waals surface area (Å²) in [5.41, 5.74) is 7.40. The number of fused-ring (bicyclic) bond motifs is 5. The lowest BCUT2D eigenvalue weighted by Crippen LogP contribution is -2.15. The van der Waals surface area contributed by atoms with Crippen LogP contribution in [0.4, 0.5) is 11.4 Å². The SMILES string of the molecule is Nc1ccc(C(=O)O)c(NC2C3C4CCC(C4)C23)c1. The highest BCUT2D eigenvalue weighted by atomic mass is 16.4. The summed E-state index contributed by atoms with van der Waals surface area (Å²) in [7, 11) is 0. The van der Waals surface area contributed by atoms with Crippen LogP contribution in [-0.4, -0.2) is 17.1 Å². The Kier molecular flexibility index (Phi) is 2.14. The molecule has 2 bridgehead atoms. The standard InChI is InChI=1S/C15H18N2O2/c16-9-3-4-10(15(18)19)11(6-9)17-14-12-7-1-2-8(5-7)13(12)14/h3-4,6-8,12-14,17H,1-2,5,16H2,(H,18,19). The predicted octanol–water partition coefficient (Wildman–Crippen LogP) is 2.42. The second-order valence-corrected chi connectivity index (χ2v) is 6.27. The van der Waals surface area contributed by atoms with Crippen LogP contribution in [0, 0.1) is 23.7 Å². The number of aromatic carboxylic acids is 1. The van der Waals surface area contributed by atoms with Crippen LogP contribution >= 0.6 is 0 Å². The largest absolute Gasteiger partial charge is 0.478 e. The molecule has 4 rings (SSSR count). The minimum absolute atomic E-state index is 0.325. The van der Waals surface area contributed by atoms with E-state index in [2.05, 4.69) is 5.32 Å². The summed E-state index contributed by atoms with van der Waals surface area (Å²) in [5.74, 6) is 2.42. The zero-order valence-corrected chi connectivity index (χ0v) is 10.7. The minimum atomic E-state index is -0.892. The van der Waals surface area contributed by atoms with Crippen LogP contribution in [0.25, 0.3) is 0 Å². The first-order chi connectivity index (χ1) is 9.15. The molecule has 0 heterocycles. The lowest BCUT2D eigenvalue weighted by atomic mass is 10.0. The van der Waals surface area contributed by atoms with Crippen molar-refractivity contribution in [3.63, 3.8) is 0 Å². The van der Waals surface area contributed by atoms with Gasteiger partial charge in [-0.2, -0.15) is 0 Å². The number of nitrogen functional groups attached to an aromatic ring is 1. The van der Waals surface area contributed by atoms with Gasteiger partial charge in [-0.1, -0.05) is 0 Å². The van der Waals surface area contributed by atoms with E-state index < -0.39 is 5.97 Å². The van der Waals surface area contributed by atoms with Gasteiger partial charge in [0, 0.05) is 11.7 Å². The Balaban J connectivity index is 1.58. The molecule has 3 aliphatic rings. The van der Waals surface area contributed by atoms with Crippen LogP contribution in [0.1, 0.15) is 29.6 Å². The second kappa shape index (κ2) is 3.65. The van der Waals surface area contributed by atoms with Gasteiger partial charge in [0.1, 0.15) is 0 Å². The van der Waals surface area contributed by atoms with Gasteiger partial charge in [0.25, 0.3) is 0 Å². The Morgan fingerprint density at radius 1 is 1.26 bits per heavy atom. The van der Waals surface area contributed by atoms with Crippen molar-refractivity contribution in [3.05, 3.63) is 23.8 Å². The van der Waals surface area contributed by atoms with Gasteiger partial charge in [0.05, 0.1) is 11.3 Å². The van der Waals surface area contributed by atoms with Gasteiger partial charge in [0.2, 0.25) is 0 Å². The average Bonchev–Trinajstić information content (AvgIpc) is 2.78. The molecule has 4 N–H and O–H groups in total. The van der Waals surface area contributed by atoms with Crippen molar-refractivity contribution in [3.8, 4) is 0 Å². The Morgan fingerprint density at radius 3 is 2.58 bits per heavy atom. The number of benzene rings is 1. The molecule has 3 aliphatic carbocycles. The predicted molar refractivity (Wildman–Crippen MR) is 73.0 cm³/mol. The number of carboxylic acid groups (broad SMARTS) is 1. The third-order valence-corrected chi connectivity index (χ3v) is 5.33. The van der Waals surface area contributed by atoms with Gasteiger partial charge in [-0.05, 0) is 61.1 Å². The Morgan fingerprint density at radius 2 is 1.95 bits per heavy atom. The maximum absolute atomic E-state index is 11.2. The van der Waals surface area contributed by atoms with E-state index in [0.29, 0.717) is 23.0 Å². The molecule has 4 nitrogen and oxygen atoms in total. The lowest BCUT2D eigenvalue weighted by Gasteiger charge is -2.14. The highest BCUT2D eigenvalue weighted by molar-refractivity contribution is 5.95. The zero-order valence-electron chi connectivity index (χ0n) is 10.7. The number of anilines is 2. The third-order valence-electron chi connectivity index (χ3n) is 5.33. The van der Waals surface area contributed by atoms with Crippen LogP contribution in [0.15, 0.2) is 18.2 Å². The van der Waals surface area contributed by atoms with Crippen molar-refractivity contribution in [1.82, 2.24) is 0 Å². The molecule has 1 aromatic carbocycles. The van der Waals surface area contributed by atoms with Crippen LogP contribution in [0.3, 0.4) is 0 Å². The van der Waals surface area contributed by atoms with E-state index in [9.17, 15) is 9.90 Å². The number of carbonyl (C=O) groups is 1. The topological polar surface area (TPSA) is 75.4 Å². The molecule has 0 spiro atoms. The number of carboxylic acids is 1. The molecule has 19 heavy (non-hydrogen) atoms. The number of hydrogen-bond donors (Lipinski definition) is 3. The molecular weight excluding hydrogens is 240 g/mol. The molecule has 0 amide bonds. The molecule has 0 radical (unpaired) electrons. The molecule has 4 heteroatoms. The second-order valence-electron chi connectivity index (χ2n) is 6.27. The van der Waals surface area contributed by atoms with Crippen molar-refractivity contribution >= 4 is 17.3 Å². The van der Waals surface area contributed by atoms with Gasteiger partial charge < -0.3 is 16.2 Å². The fourth-order valence-corrected chi connectivity index (χ4v) is 4.57. The van der Waals surface area contributed by atoms with Crippen molar-refractivity contribution in [2.24, 2.45) is 23.7 Å². The fraction of sp³-hybridized carbons (Fsp3) is 0.533. The molecule has 0 aromatic heterocycles. The number of rotatable bonds is 3. The van der Waals surface area contributed by atoms with Crippen molar-refractivity contribution in [2.75, 3.05) is 11.1 Å². The monoisotopic (exact) mass is 258 g/mol. The van der Waals surface area contributed by atoms with Crippen molar-refractivity contribution < 1.29 is 9.90 Å². The van der Waals surface area contributed by atoms with Crippen molar-refractivity contribution in [2.45, 2.75) is 25.3 Å². The summed E-state index contributed by atoms with van der Waals surface area (Å²) in [4.78, 5) is 11.2. The smallest absolute Gasteiger partial charge is 0.337 e. The number of nitrogens with one attached hydrogen (secondary N) is 1. The van der Waals surface area contributed by atoms with Crippen molar-refractivity contribution in [1.29, 1.82) is 0 Å². The number of hydrogen-bond acceptors (Lipinski definition) is 3. The summed E-state index contributed by atoms with van der Waals surface area (Å²) in [6.07, 6.45) is 4.13. The maximum atomic E-state index is 11.2. The van der Waals surface area contributed by atoms with Gasteiger partial charge >= 0.3 is 5.97 Å². The van der Waals surface area contributed by atoms with E-state index in [-0.39, 0.29) is 0 Å². The molecule has 1 aromatic rings. The molecular formula is C15H18N2O2. The van der Waals surface area contributed by atoms with E-state index in [1.165, 1.54) is 19.3 Å². The highest BCUT2D eigenvalue weighted by Crippen LogP contribution is 2.66. The van der Waals surface area contributed by atoms with Crippen LogP contribution in [0.5, 0.6) is 0 Å². The summed E-state index contributed by atoms with van der Waals surface area (Å²) in [5, 5.41) is 12.7. The average molecular weight is 258 g/mol. The third kappa shape index (κ3) is 1.55. The van der Waals surface area contributed by atoms with Crippen LogP contribution < -0.4 is 11.1 Å². The van der Waals surface area contributed by atoms with Gasteiger partial charge in [-0.15, -0.1) is 0 Å². The highest BCUT2D eigenvalue weighted by Gasteiger charge is 2.65. The molecule has 100 valence electrons. The quantitative estimate of drug-likeness (QED) is 0.728. The zero-order chi connectivity index (χ0) is 13.1.